The summed E-state index contributed by atoms with van der Waals surface area (Å²) in [4.78, 5) is 14.9. The van der Waals surface area contributed by atoms with Crippen LogP contribution in [0.2, 0.25) is 0 Å². The first-order valence-corrected chi connectivity index (χ1v) is 11.1. The molecule has 158 valence electrons. The van der Waals surface area contributed by atoms with E-state index in [4.69, 9.17) is 10.3 Å². The zero-order valence-electron chi connectivity index (χ0n) is 17.3. The number of nitrogens with zero attached hydrogens (tertiary/aromatic N) is 4. The lowest BCUT2D eigenvalue weighted by Crippen LogP contribution is -2.42. The topological polar surface area (TPSA) is 90.2 Å². The Labute approximate surface area is 180 Å². The van der Waals surface area contributed by atoms with Gasteiger partial charge in [-0.25, -0.2) is 4.68 Å². The molecule has 0 saturated carbocycles. The first-order valence-electron chi connectivity index (χ1n) is 10.3. The highest BCUT2D eigenvalue weighted by Gasteiger charge is 2.28. The molecule has 8 heteroatoms. The van der Waals surface area contributed by atoms with E-state index < -0.39 is 0 Å². The Morgan fingerprint density at radius 1 is 1.23 bits per heavy atom. The van der Waals surface area contributed by atoms with Gasteiger partial charge in [0.25, 0.3) is 0 Å². The molecule has 7 nitrogen and oxygen atoms in total. The molecule has 2 N–H and O–H groups in total. The Balaban J connectivity index is 1.33. The van der Waals surface area contributed by atoms with Crippen LogP contribution in [0.3, 0.4) is 0 Å². The molecular formula is C22H27N5O2S. The normalized spacial score (nSPS) is 16.0. The number of thioether (sulfide) groups is 1. The average molecular weight is 426 g/mol. The van der Waals surface area contributed by atoms with Crippen molar-refractivity contribution in [1.82, 2.24) is 19.8 Å². The fourth-order valence-electron chi connectivity index (χ4n) is 3.93. The quantitative estimate of drug-likeness (QED) is 0.480. The van der Waals surface area contributed by atoms with Crippen molar-refractivity contribution in [1.29, 1.82) is 0 Å². The van der Waals surface area contributed by atoms with Crippen molar-refractivity contribution in [3.05, 3.63) is 54.0 Å². The summed E-state index contributed by atoms with van der Waals surface area (Å²) in [6.07, 6.45) is 4.75. The first-order chi connectivity index (χ1) is 14.5. The fourth-order valence-corrected chi connectivity index (χ4v) is 4.78. The molecule has 3 heterocycles. The number of nitrogens with two attached hydrogens (primary N) is 1. The number of piperidine rings is 1. The Morgan fingerprint density at radius 2 is 1.97 bits per heavy atom. The van der Waals surface area contributed by atoms with Crippen LogP contribution >= 0.6 is 11.8 Å². The smallest absolute Gasteiger partial charge is 0.235 e. The molecule has 1 aliphatic heterocycles. The van der Waals surface area contributed by atoms with E-state index in [0.29, 0.717) is 16.9 Å². The second-order valence-corrected chi connectivity index (χ2v) is 9.09. The summed E-state index contributed by atoms with van der Waals surface area (Å²) >= 11 is 1.34. The largest absolute Gasteiger partial charge is 0.469 e. The van der Waals surface area contributed by atoms with Crippen LogP contribution in [0.15, 0.2) is 52.2 Å². The molecule has 4 rings (SSSR count). The van der Waals surface area contributed by atoms with E-state index in [-0.39, 0.29) is 11.2 Å². The van der Waals surface area contributed by atoms with Crippen LogP contribution in [-0.4, -0.2) is 44.0 Å². The number of amides is 1. The number of likely N-dealkylation sites (tertiary alicyclic amines) is 1. The van der Waals surface area contributed by atoms with Gasteiger partial charge in [-0.15, -0.1) is 10.2 Å². The van der Waals surface area contributed by atoms with Crippen LogP contribution in [-0.2, 0) is 11.2 Å². The molecule has 3 aromatic rings. The van der Waals surface area contributed by atoms with Crippen molar-refractivity contribution in [2.45, 2.75) is 43.5 Å². The highest BCUT2D eigenvalue weighted by atomic mass is 32.2. The number of carbonyl (C=O) groups is 1. The van der Waals surface area contributed by atoms with Crippen molar-refractivity contribution in [2.24, 2.45) is 5.92 Å². The molecule has 0 spiro atoms. The van der Waals surface area contributed by atoms with E-state index in [0.717, 1.165) is 43.7 Å². The van der Waals surface area contributed by atoms with Gasteiger partial charge >= 0.3 is 0 Å². The van der Waals surface area contributed by atoms with Gasteiger partial charge in [0.1, 0.15) is 5.76 Å². The van der Waals surface area contributed by atoms with Crippen molar-refractivity contribution < 1.29 is 9.21 Å². The van der Waals surface area contributed by atoms with Crippen molar-refractivity contribution in [2.75, 3.05) is 18.9 Å². The van der Waals surface area contributed by atoms with Gasteiger partial charge in [-0.2, -0.15) is 0 Å². The number of benzene rings is 1. The molecule has 30 heavy (non-hydrogen) atoms. The SMILES string of the molecule is Cc1occc1-c1nnc(SC(C)C(=O)N2CCC(Cc3ccccc3)CC2)n1N. The maximum absolute atomic E-state index is 13.0. The third-order valence-corrected chi connectivity index (χ3v) is 6.73. The molecule has 0 bridgehead atoms. The predicted octanol–water partition coefficient (Wildman–Crippen LogP) is 3.52. The lowest BCUT2D eigenvalue weighted by molar-refractivity contribution is -0.131. The molecule has 0 radical (unpaired) electrons. The Bertz CT molecular complexity index is 992. The molecule has 1 amide bonds. The van der Waals surface area contributed by atoms with E-state index >= 15 is 0 Å². The molecule has 1 saturated heterocycles. The second-order valence-electron chi connectivity index (χ2n) is 7.79. The van der Waals surface area contributed by atoms with Gasteiger partial charge in [0.15, 0.2) is 5.82 Å². The third-order valence-electron chi connectivity index (χ3n) is 5.69. The van der Waals surface area contributed by atoms with Crippen molar-refractivity contribution in [3.8, 4) is 11.4 Å². The molecule has 1 aromatic carbocycles. The summed E-state index contributed by atoms with van der Waals surface area (Å²) < 4.78 is 6.75. The number of carbonyl (C=O) groups excluding carboxylic acids is 1. The lowest BCUT2D eigenvalue weighted by Gasteiger charge is -2.33. The summed E-state index contributed by atoms with van der Waals surface area (Å²) in [5.41, 5.74) is 2.17. The minimum absolute atomic E-state index is 0.127. The number of aryl methyl sites for hydroxylation is 1. The number of rotatable bonds is 6. The van der Waals surface area contributed by atoms with Gasteiger partial charge in [-0.05, 0) is 50.7 Å². The standard InChI is InChI=1S/C22H27N5O2S/c1-15-19(10-13-29-15)20-24-25-22(27(20)23)30-16(2)21(28)26-11-8-18(9-12-26)14-17-6-4-3-5-7-17/h3-7,10,13,16,18H,8-9,11-12,14,23H2,1-2H3. The molecule has 2 aromatic heterocycles. The maximum Gasteiger partial charge on any atom is 0.235 e. The van der Waals surface area contributed by atoms with Gasteiger partial charge < -0.3 is 15.2 Å². The number of nitrogen functional groups attached to an aromatic ring is 1. The highest BCUT2D eigenvalue weighted by molar-refractivity contribution is 8.00. The Hall–Kier alpha value is -2.74. The molecular weight excluding hydrogens is 398 g/mol. The average Bonchev–Trinajstić information content (AvgIpc) is 3.34. The van der Waals surface area contributed by atoms with E-state index in [1.165, 1.54) is 22.0 Å². The summed E-state index contributed by atoms with van der Waals surface area (Å²) in [5.74, 6) is 8.21. The number of furan rings is 1. The van der Waals surface area contributed by atoms with Gasteiger partial charge in [0, 0.05) is 13.1 Å². The highest BCUT2D eigenvalue weighted by Crippen LogP contribution is 2.29. The number of hydrogen-bond acceptors (Lipinski definition) is 6. The second kappa shape index (κ2) is 8.95. The van der Waals surface area contributed by atoms with Crippen LogP contribution in [0.4, 0.5) is 0 Å². The predicted molar refractivity (Wildman–Crippen MR) is 117 cm³/mol. The molecule has 1 atom stereocenters. The first kappa shape index (κ1) is 20.5. The van der Waals surface area contributed by atoms with Gasteiger partial charge in [-0.3, -0.25) is 4.79 Å². The Morgan fingerprint density at radius 3 is 2.63 bits per heavy atom. The molecule has 1 unspecified atom stereocenters. The van der Waals surface area contributed by atoms with Gasteiger partial charge in [0.05, 0.1) is 17.1 Å². The van der Waals surface area contributed by atoms with Crippen LogP contribution in [0.25, 0.3) is 11.4 Å². The zero-order chi connectivity index (χ0) is 21.1. The van der Waals surface area contributed by atoms with E-state index in [9.17, 15) is 4.79 Å². The third kappa shape index (κ3) is 4.38. The van der Waals surface area contributed by atoms with Crippen LogP contribution < -0.4 is 5.84 Å². The molecule has 1 fully saturated rings. The fraction of sp³-hybridized carbons (Fsp3) is 0.409. The molecule has 1 aliphatic rings. The lowest BCUT2D eigenvalue weighted by atomic mass is 9.90. The van der Waals surface area contributed by atoms with Crippen LogP contribution in [0, 0.1) is 12.8 Å². The summed E-state index contributed by atoms with van der Waals surface area (Å²) in [6, 6.07) is 12.4. The van der Waals surface area contributed by atoms with E-state index in [1.807, 2.05) is 30.9 Å². The van der Waals surface area contributed by atoms with Crippen LogP contribution in [0.5, 0.6) is 0 Å². The number of hydrogen-bond donors (Lipinski definition) is 1. The molecule has 0 aliphatic carbocycles. The summed E-state index contributed by atoms with van der Waals surface area (Å²) in [6.45, 7) is 5.36. The van der Waals surface area contributed by atoms with Gasteiger partial charge in [-0.1, -0.05) is 42.1 Å². The summed E-state index contributed by atoms with van der Waals surface area (Å²) in [5, 5.41) is 8.60. The van der Waals surface area contributed by atoms with Crippen molar-refractivity contribution in [3.63, 3.8) is 0 Å². The van der Waals surface area contributed by atoms with Gasteiger partial charge in [0.2, 0.25) is 11.1 Å². The van der Waals surface area contributed by atoms with Crippen LogP contribution in [0.1, 0.15) is 31.1 Å². The van der Waals surface area contributed by atoms with E-state index in [2.05, 4.69) is 34.5 Å². The van der Waals surface area contributed by atoms with E-state index in [1.54, 1.807) is 6.26 Å². The van der Waals surface area contributed by atoms with Crippen molar-refractivity contribution >= 4 is 17.7 Å². The minimum atomic E-state index is -0.277. The summed E-state index contributed by atoms with van der Waals surface area (Å²) in [7, 11) is 0. The monoisotopic (exact) mass is 425 g/mol. The zero-order valence-corrected chi connectivity index (χ0v) is 18.1. The maximum atomic E-state index is 13.0. The Kier molecular flexibility index (Phi) is 6.13. The minimum Gasteiger partial charge on any atom is -0.469 e. The number of aromatic nitrogens is 3.